The molecule has 4 rings (SSSR count). The molecule has 0 aromatic carbocycles. The zero-order chi connectivity index (χ0) is 20.2. The van der Waals surface area contributed by atoms with Gasteiger partial charge >= 0.3 is 0 Å². The van der Waals surface area contributed by atoms with Gasteiger partial charge in [0.15, 0.2) is 0 Å². The summed E-state index contributed by atoms with van der Waals surface area (Å²) in [5.74, 6) is 1.68. The maximum atomic E-state index is 13.0. The van der Waals surface area contributed by atoms with Crippen molar-refractivity contribution >= 4 is 28.2 Å². The summed E-state index contributed by atoms with van der Waals surface area (Å²) >= 11 is 0. The topological polar surface area (TPSA) is 131 Å². The van der Waals surface area contributed by atoms with Crippen molar-refractivity contribution in [2.75, 3.05) is 17.2 Å². The molecule has 0 unspecified atom stereocenters. The number of fused-ring (bicyclic) bond motifs is 1. The lowest BCUT2D eigenvalue weighted by atomic mass is 9.93. The summed E-state index contributed by atoms with van der Waals surface area (Å²) in [6, 6.07) is 3.88. The third-order valence-electron chi connectivity index (χ3n) is 5.19. The molecule has 3 heterocycles. The van der Waals surface area contributed by atoms with E-state index in [1.165, 1.54) is 0 Å². The number of aromatic nitrogens is 4. The fraction of sp³-hybridized carbons (Fsp3) is 0.400. The van der Waals surface area contributed by atoms with Crippen LogP contribution in [0.3, 0.4) is 0 Å². The van der Waals surface area contributed by atoms with Crippen molar-refractivity contribution in [3.8, 4) is 0 Å². The van der Waals surface area contributed by atoms with Crippen LogP contribution < -0.4 is 21.9 Å². The lowest BCUT2D eigenvalue weighted by molar-refractivity contribution is 0.126. The molecule has 1 fully saturated rings. The van der Waals surface area contributed by atoms with Crippen molar-refractivity contribution in [1.29, 1.82) is 0 Å². The fourth-order valence-corrected chi connectivity index (χ4v) is 3.69. The van der Waals surface area contributed by atoms with Gasteiger partial charge in [0.2, 0.25) is 0 Å². The lowest BCUT2D eigenvalue weighted by Crippen LogP contribution is -2.30. The molecule has 0 bridgehead atoms. The highest BCUT2D eigenvalue weighted by Crippen LogP contribution is 2.27. The molecule has 5 N–H and O–H groups in total. The van der Waals surface area contributed by atoms with Gasteiger partial charge in [-0.05, 0) is 43.2 Å². The maximum absolute atomic E-state index is 13.0. The van der Waals surface area contributed by atoms with Gasteiger partial charge in [-0.2, -0.15) is 0 Å². The lowest BCUT2D eigenvalue weighted by Gasteiger charge is -2.27. The second kappa shape index (κ2) is 8.54. The van der Waals surface area contributed by atoms with Gasteiger partial charge in [-0.15, -0.1) is 0 Å². The van der Waals surface area contributed by atoms with Gasteiger partial charge in [0, 0.05) is 37.7 Å². The Morgan fingerprint density at radius 3 is 2.76 bits per heavy atom. The Kier molecular flexibility index (Phi) is 5.68. The Balaban J connectivity index is 1.75. The van der Waals surface area contributed by atoms with Gasteiger partial charge in [0.05, 0.1) is 17.7 Å². The van der Waals surface area contributed by atoms with Crippen molar-refractivity contribution in [1.82, 2.24) is 19.5 Å². The minimum atomic E-state index is -0.246. The molecule has 1 aliphatic rings. The number of pyridine rings is 2. The first kappa shape index (κ1) is 19.3. The summed E-state index contributed by atoms with van der Waals surface area (Å²) in [5, 5.41) is 17.7. The Morgan fingerprint density at radius 1 is 1.21 bits per heavy atom. The van der Waals surface area contributed by atoms with Crippen LogP contribution in [-0.2, 0) is 6.54 Å². The highest BCUT2D eigenvalue weighted by Gasteiger charge is 2.21. The number of rotatable bonds is 6. The molecule has 1 saturated carbocycles. The minimum absolute atomic E-state index is 0.121. The van der Waals surface area contributed by atoms with Gasteiger partial charge in [-0.3, -0.25) is 9.78 Å². The van der Waals surface area contributed by atoms with Crippen LogP contribution in [0.15, 0.2) is 41.7 Å². The van der Waals surface area contributed by atoms with E-state index in [1.807, 2.05) is 12.1 Å². The molecule has 0 saturated heterocycles. The number of aliphatic hydroxyl groups excluding tert-OH is 1. The first-order valence-electron chi connectivity index (χ1n) is 9.86. The normalized spacial score (nSPS) is 19.2. The van der Waals surface area contributed by atoms with Gasteiger partial charge in [-0.25, -0.2) is 9.97 Å². The largest absolute Gasteiger partial charge is 0.393 e. The van der Waals surface area contributed by atoms with E-state index in [-0.39, 0.29) is 17.7 Å². The second-order valence-electron chi connectivity index (χ2n) is 7.29. The summed E-state index contributed by atoms with van der Waals surface area (Å²) in [7, 11) is 0. The molecule has 9 nitrogen and oxygen atoms in total. The second-order valence-corrected chi connectivity index (χ2v) is 7.29. The fourth-order valence-electron chi connectivity index (χ4n) is 3.69. The maximum Gasteiger partial charge on any atom is 0.262 e. The van der Waals surface area contributed by atoms with Gasteiger partial charge in [0.25, 0.3) is 5.56 Å². The number of aliphatic hydroxyl groups is 1. The van der Waals surface area contributed by atoms with Crippen molar-refractivity contribution in [3.05, 3.63) is 47.3 Å². The van der Waals surface area contributed by atoms with Crippen LogP contribution in [-0.4, -0.2) is 43.3 Å². The highest BCUT2D eigenvalue weighted by molar-refractivity contribution is 5.93. The Labute approximate surface area is 168 Å². The van der Waals surface area contributed by atoms with Crippen LogP contribution in [0.2, 0.25) is 0 Å². The molecule has 0 spiro atoms. The SMILES string of the molecule is NCCn1ccc2cc(Nc3cnccn3)nc(N[C@H]3CC[C@@H](O)CC3)c2c1=O. The molecule has 3 aromatic heterocycles. The van der Waals surface area contributed by atoms with E-state index in [0.717, 1.165) is 31.1 Å². The first-order chi connectivity index (χ1) is 14.1. The van der Waals surface area contributed by atoms with Crippen LogP contribution in [0.5, 0.6) is 0 Å². The van der Waals surface area contributed by atoms with E-state index in [1.54, 1.807) is 29.4 Å². The third-order valence-corrected chi connectivity index (χ3v) is 5.19. The van der Waals surface area contributed by atoms with E-state index in [4.69, 9.17) is 5.73 Å². The smallest absolute Gasteiger partial charge is 0.262 e. The van der Waals surface area contributed by atoms with E-state index in [9.17, 15) is 9.90 Å². The molecular weight excluding hydrogens is 370 g/mol. The summed E-state index contributed by atoms with van der Waals surface area (Å²) in [6.07, 6.45) is 9.46. The molecule has 3 aromatic rings. The highest BCUT2D eigenvalue weighted by atomic mass is 16.3. The molecule has 29 heavy (non-hydrogen) atoms. The number of nitrogens with one attached hydrogen (secondary N) is 2. The zero-order valence-electron chi connectivity index (χ0n) is 16.1. The molecule has 0 radical (unpaired) electrons. The number of nitrogens with zero attached hydrogens (tertiary/aromatic N) is 4. The number of nitrogens with two attached hydrogens (primary N) is 1. The zero-order valence-corrected chi connectivity index (χ0v) is 16.1. The molecule has 152 valence electrons. The van der Waals surface area contributed by atoms with Crippen molar-refractivity contribution < 1.29 is 5.11 Å². The van der Waals surface area contributed by atoms with E-state index in [2.05, 4.69) is 25.6 Å². The van der Waals surface area contributed by atoms with Crippen molar-refractivity contribution in [3.63, 3.8) is 0 Å². The minimum Gasteiger partial charge on any atom is -0.393 e. The quantitative estimate of drug-likeness (QED) is 0.495. The average Bonchev–Trinajstić information content (AvgIpc) is 2.72. The number of hydrogen-bond acceptors (Lipinski definition) is 8. The van der Waals surface area contributed by atoms with E-state index < -0.39 is 0 Å². The molecule has 9 heteroatoms. The number of hydrogen-bond donors (Lipinski definition) is 4. The van der Waals surface area contributed by atoms with Crippen molar-refractivity contribution in [2.24, 2.45) is 5.73 Å². The predicted octanol–water partition coefficient (Wildman–Crippen LogP) is 1.60. The van der Waals surface area contributed by atoms with Crippen LogP contribution in [0.1, 0.15) is 25.7 Å². The standard InChI is InChI=1S/C20H25N7O2/c21-6-10-27-9-5-13-11-16(25-17-12-22-7-8-23-17)26-19(18(13)20(27)29)24-14-1-3-15(28)4-2-14/h5,7-9,11-12,14-15,28H,1-4,6,10,21H2,(H2,23,24,25,26)/t14-,15+. The van der Waals surface area contributed by atoms with E-state index in [0.29, 0.717) is 35.9 Å². The van der Waals surface area contributed by atoms with Crippen molar-refractivity contribution in [2.45, 2.75) is 44.4 Å². The van der Waals surface area contributed by atoms with Crippen LogP contribution in [0.4, 0.5) is 17.5 Å². The number of anilines is 3. The Morgan fingerprint density at radius 2 is 2.03 bits per heavy atom. The molecule has 0 aliphatic heterocycles. The summed E-state index contributed by atoms with van der Waals surface area (Å²) in [5.41, 5.74) is 5.53. The predicted molar refractivity (Wildman–Crippen MR) is 112 cm³/mol. The Hall–Kier alpha value is -3.04. The molecule has 0 amide bonds. The summed E-state index contributed by atoms with van der Waals surface area (Å²) in [4.78, 5) is 26.0. The van der Waals surface area contributed by atoms with Crippen LogP contribution in [0.25, 0.3) is 10.8 Å². The average molecular weight is 395 g/mol. The van der Waals surface area contributed by atoms with Crippen LogP contribution >= 0.6 is 0 Å². The van der Waals surface area contributed by atoms with Gasteiger partial charge in [-0.1, -0.05) is 0 Å². The summed E-state index contributed by atoms with van der Waals surface area (Å²) in [6.45, 7) is 0.831. The molecule has 0 atom stereocenters. The molecular formula is C20H25N7O2. The summed E-state index contributed by atoms with van der Waals surface area (Å²) < 4.78 is 1.61. The molecule has 1 aliphatic carbocycles. The van der Waals surface area contributed by atoms with E-state index >= 15 is 0 Å². The van der Waals surface area contributed by atoms with Gasteiger partial charge < -0.3 is 26.0 Å². The monoisotopic (exact) mass is 395 g/mol. The van der Waals surface area contributed by atoms with Crippen LogP contribution in [0, 0.1) is 0 Å². The van der Waals surface area contributed by atoms with Gasteiger partial charge in [0.1, 0.15) is 17.5 Å². The Bertz CT molecular complexity index is 1030. The third kappa shape index (κ3) is 4.36. The first-order valence-corrected chi connectivity index (χ1v) is 9.86.